The highest BCUT2D eigenvalue weighted by Gasteiger charge is 2.18. The minimum absolute atomic E-state index is 0.198. The number of aliphatic carboxylic acids is 1. The zero-order chi connectivity index (χ0) is 18.4. The van der Waals surface area contributed by atoms with Gasteiger partial charge in [-0.1, -0.05) is 12.1 Å². The molecule has 0 spiro atoms. The van der Waals surface area contributed by atoms with Gasteiger partial charge in [0.1, 0.15) is 18.1 Å². The number of carbonyl (C=O) groups excluding carboxylic acids is 1. The molecule has 0 radical (unpaired) electrons. The number of aryl methyl sites for hydroxylation is 3. The van der Waals surface area contributed by atoms with Crippen LogP contribution in [-0.4, -0.2) is 45.5 Å². The first-order chi connectivity index (χ1) is 11.9. The third-order valence-electron chi connectivity index (χ3n) is 3.90. The third-order valence-corrected chi connectivity index (χ3v) is 3.90. The summed E-state index contributed by atoms with van der Waals surface area (Å²) in [6.07, 6.45) is 2.36. The van der Waals surface area contributed by atoms with E-state index in [0.717, 1.165) is 22.7 Å². The van der Waals surface area contributed by atoms with Gasteiger partial charge in [-0.2, -0.15) is 0 Å². The van der Waals surface area contributed by atoms with E-state index < -0.39 is 5.97 Å². The highest BCUT2D eigenvalue weighted by molar-refractivity contribution is 5.81. The molecule has 2 rings (SSSR count). The molecule has 2 N–H and O–H groups in total. The van der Waals surface area contributed by atoms with Crippen molar-refractivity contribution in [2.75, 3.05) is 13.7 Å². The fourth-order valence-electron chi connectivity index (χ4n) is 2.58. The molecule has 0 aliphatic carbocycles. The molecule has 25 heavy (non-hydrogen) atoms. The Balaban J connectivity index is 2.02. The maximum Gasteiger partial charge on any atom is 0.323 e. The fraction of sp³-hybridized carbons (Fsp3) is 0.389. The summed E-state index contributed by atoms with van der Waals surface area (Å²) in [7, 11) is 1.61. The average molecular weight is 345 g/mol. The van der Waals surface area contributed by atoms with E-state index in [1.54, 1.807) is 20.2 Å². The van der Waals surface area contributed by atoms with Gasteiger partial charge in [-0.15, -0.1) is 0 Å². The third kappa shape index (κ3) is 5.34. The number of aromatic amines is 1. The van der Waals surface area contributed by atoms with Crippen LogP contribution in [0.25, 0.3) is 0 Å². The number of aromatic nitrogens is 2. The molecule has 0 bridgehead atoms. The highest BCUT2D eigenvalue weighted by atomic mass is 16.5. The molecular weight excluding hydrogens is 322 g/mol. The van der Waals surface area contributed by atoms with Crippen molar-refractivity contribution >= 4 is 11.9 Å². The number of carboxylic acid groups (broad SMARTS) is 1. The number of carbonyl (C=O) groups is 2. The van der Waals surface area contributed by atoms with Gasteiger partial charge in [-0.3, -0.25) is 9.59 Å². The highest BCUT2D eigenvalue weighted by Crippen LogP contribution is 2.20. The van der Waals surface area contributed by atoms with E-state index in [2.05, 4.69) is 9.97 Å². The zero-order valence-corrected chi connectivity index (χ0v) is 14.7. The molecule has 7 nitrogen and oxygen atoms in total. The number of amides is 1. The maximum atomic E-state index is 12.5. The number of H-pyrrole nitrogens is 1. The summed E-state index contributed by atoms with van der Waals surface area (Å²) in [5.41, 5.74) is 2.72. The van der Waals surface area contributed by atoms with Crippen LogP contribution in [0.5, 0.6) is 5.75 Å². The van der Waals surface area contributed by atoms with Gasteiger partial charge in [-0.25, -0.2) is 4.98 Å². The molecule has 0 saturated heterocycles. The number of benzene rings is 1. The molecule has 1 aromatic carbocycles. The number of hydrogen-bond donors (Lipinski definition) is 2. The second-order valence-electron chi connectivity index (χ2n) is 5.94. The number of imidazole rings is 1. The Kier molecular flexibility index (Phi) is 6.16. The first-order valence-corrected chi connectivity index (χ1v) is 8.02. The summed E-state index contributed by atoms with van der Waals surface area (Å²) in [4.78, 5) is 32.0. The van der Waals surface area contributed by atoms with Gasteiger partial charge in [0.05, 0.1) is 25.5 Å². The van der Waals surface area contributed by atoms with Crippen LogP contribution in [0.1, 0.15) is 29.1 Å². The largest absolute Gasteiger partial charge is 0.496 e. The monoisotopic (exact) mass is 345 g/mol. The number of nitrogens with zero attached hydrogens (tertiary/aromatic N) is 2. The topological polar surface area (TPSA) is 95.5 Å². The Morgan fingerprint density at radius 2 is 2.08 bits per heavy atom. The van der Waals surface area contributed by atoms with Crippen molar-refractivity contribution in [3.8, 4) is 5.75 Å². The molecule has 1 aromatic heterocycles. The first kappa shape index (κ1) is 18.5. The van der Waals surface area contributed by atoms with Crippen molar-refractivity contribution in [3.63, 3.8) is 0 Å². The standard InChI is InChI=1S/C18H23N3O4/c1-12-4-5-14(8-16(12)25-3)6-7-17(22)21(11-18(23)24)10-15-9-19-13(2)20-15/h4-5,8-9H,6-7,10-11H2,1-3H3,(H,19,20)(H,23,24). The summed E-state index contributed by atoms with van der Waals surface area (Å²) < 4.78 is 5.29. The van der Waals surface area contributed by atoms with Crippen molar-refractivity contribution < 1.29 is 19.4 Å². The molecule has 0 saturated carbocycles. The Bertz CT molecular complexity index is 755. The lowest BCUT2D eigenvalue weighted by molar-refractivity contribution is -0.144. The summed E-state index contributed by atoms with van der Waals surface area (Å²) >= 11 is 0. The number of nitrogens with one attached hydrogen (secondary N) is 1. The van der Waals surface area contributed by atoms with E-state index in [0.29, 0.717) is 12.1 Å². The van der Waals surface area contributed by atoms with Gasteiger partial charge < -0.3 is 19.7 Å². The predicted octanol–water partition coefficient (Wildman–Crippen LogP) is 2.08. The van der Waals surface area contributed by atoms with Crippen molar-refractivity contribution in [2.24, 2.45) is 0 Å². The first-order valence-electron chi connectivity index (χ1n) is 8.02. The molecule has 0 unspecified atom stereocenters. The van der Waals surface area contributed by atoms with Crippen molar-refractivity contribution in [2.45, 2.75) is 33.2 Å². The van der Waals surface area contributed by atoms with E-state index in [4.69, 9.17) is 9.84 Å². The van der Waals surface area contributed by atoms with E-state index in [9.17, 15) is 9.59 Å². The van der Waals surface area contributed by atoms with E-state index in [-0.39, 0.29) is 25.4 Å². The van der Waals surface area contributed by atoms with Crippen molar-refractivity contribution in [1.82, 2.24) is 14.9 Å². The minimum atomic E-state index is -1.04. The molecule has 2 aromatic rings. The summed E-state index contributed by atoms with van der Waals surface area (Å²) in [5, 5.41) is 9.06. The van der Waals surface area contributed by atoms with Crippen LogP contribution < -0.4 is 4.74 Å². The van der Waals surface area contributed by atoms with Crippen LogP contribution in [-0.2, 0) is 22.6 Å². The number of methoxy groups -OCH3 is 1. The SMILES string of the molecule is COc1cc(CCC(=O)N(CC(=O)O)Cc2cnc(C)[nH]2)ccc1C. The Morgan fingerprint density at radius 1 is 1.32 bits per heavy atom. The Hall–Kier alpha value is -2.83. The van der Waals surface area contributed by atoms with Crippen molar-refractivity contribution in [1.29, 1.82) is 0 Å². The van der Waals surface area contributed by atoms with E-state index in [1.165, 1.54) is 4.90 Å². The predicted molar refractivity (Wildman–Crippen MR) is 92.4 cm³/mol. The molecule has 0 aliphatic heterocycles. The minimum Gasteiger partial charge on any atom is -0.496 e. The van der Waals surface area contributed by atoms with Gasteiger partial charge in [-0.05, 0) is 37.5 Å². The van der Waals surface area contributed by atoms with E-state index in [1.807, 2.05) is 25.1 Å². The van der Waals surface area contributed by atoms with Crippen LogP contribution in [0.15, 0.2) is 24.4 Å². The van der Waals surface area contributed by atoms with Gasteiger partial charge in [0.2, 0.25) is 5.91 Å². The lowest BCUT2D eigenvalue weighted by atomic mass is 10.1. The van der Waals surface area contributed by atoms with Crippen LogP contribution in [0.4, 0.5) is 0 Å². The Labute approximate surface area is 146 Å². The summed E-state index contributed by atoms with van der Waals surface area (Å²) in [6.45, 7) is 3.61. The summed E-state index contributed by atoms with van der Waals surface area (Å²) in [6, 6.07) is 5.80. The number of rotatable bonds is 8. The van der Waals surface area contributed by atoms with Crippen LogP contribution in [0.3, 0.4) is 0 Å². The average Bonchev–Trinajstić information content (AvgIpc) is 2.97. The molecule has 0 fully saturated rings. The number of ether oxygens (including phenoxy) is 1. The smallest absolute Gasteiger partial charge is 0.323 e. The van der Waals surface area contributed by atoms with Crippen molar-refractivity contribution in [3.05, 3.63) is 47.0 Å². The van der Waals surface area contributed by atoms with Crippen LogP contribution >= 0.6 is 0 Å². The second-order valence-corrected chi connectivity index (χ2v) is 5.94. The lowest BCUT2D eigenvalue weighted by Gasteiger charge is -2.20. The molecule has 1 heterocycles. The molecule has 0 atom stereocenters. The van der Waals surface area contributed by atoms with Gasteiger partial charge in [0, 0.05) is 6.42 Å². The zero-order valence-electron chi connectivity index (χ0n) is 14.7. The fourth-order valence-corrected chi connectivity index (χ4v) is 2.58. The van der Waals surface area contributed by atoms with Crippen LogP contribution in [0.2, 0.25) is 0 Å². The van der Waals surface area contributed by atoms with Gasteiger partial charge >= 0.3 is 5.97 Å². The lowest BCUT2D eigenvalue weighted by Crippen LogP contribution is -2.35. The quantitative estimate of drug-likeness (QED) is 0.764. The van der Waals surface area contributed by atoms with Gasteiger partial charge in [0.15, 0.2) is 0 Å². The van der Waals surface area contributed by atoms with Gasteiger partial charge in [0.25, 0.3) is 0 Å². The summed E-state index contributed by atoms with van der Waals surface area (Å²) in [5.74, 6) is 0.250. The number of carboxylic acids is 1. The molecule has 0 aliphatic rings. The molecule has 1 amide bonds. The molecule has 7 heteroatoms. The van der Waals surface area contributed by atoms with E-state index >= 15 is 0 Å². The number of hydrogen-bond acceptors (Lipinski definition) is 4. The normalized spacial score (nSPS) is 10.5. The molecular formula is C18H23N3O4. The maximum absolute atomic E-state index is 12.5. The molecule has 134 valence electrons. The Morgan fingerprint density at radius 3 is 2.68 bits per heavy atom. The second kappa shape index (κ2) is 8.32. The van der Waals surface area contributed by atoms with Crippen LogP contribution in [0, 0.1) is 13.8 Å².